The predicted molar refractivity (Wildman–Crippen MR) is 163 cm³/mol. The molecule has 4 aromatic rings. The number of aryl methyl sites for hydroxylation is 1. The minimum Gasteiger partial charge on any atom is -0.496 e. The number of rotatable bonds is 10. The van der Waals surface area contributed by atoms with Crippen molar-refractivity contribution in [2.45, 2.75) is 77.8 Å². The Bertz CT molecular complexity index is 1770. The molecule has 44 heavy (non-hydrogen) atoms. The van der Waals surface area contributed by atoms with Gasteiger partial charge in [-0.1, -0.05) is 11.3 Å². The molecule has 1 aromatic carbocycles. The number of nitrogens with one attached hydrogen (secondary N) is 1. The molecule has 3 aromatic heterocycles. The molecule has 1 atom stereocenters. The van der Waals surface area contributed by atoms with Gasteiger partial charge < -0.3 is 19.5 Å². The van der Waals surface area contributed by atoms with Crippen LogP contribution in [0.15, 0.2) is 40.2 Å². The van der Waals surface area contributed by atoms with Crippen LogP contribution >= 0.6 is 11.3 Å². The second kappa shape index (κ2) is 12.6. The molecule has 5 rings (SSSR count). The molecule has 1 aliphatic rings. The van der Waals surface area contributed by atoms with E-state index in [0.29, 0.717) is 52.8 Å². The highest BCUT2D eigenvalue weighted by molar-refractivity contribution is 7.21. The van der Waals surface area contributed by atoms with Crippen LogP contribution in [0.5, 0.6) is 5.75 Å². The average Bonchev–Trinajstić information content (AvgIpc) is 3.63. The van der Waals surface area contributed by atoms with Gasteiger partial charge in [-0.3, -0.25) is 14.2 Å². The zero-order valence-corrected chi connectivity index (χ0v) is 26.4. The van der Waals surface area contributed by atoms with Gasteiger partial charge in [0.15, 0.2) is 0 Å². The van der Waals surface area contributed by atoms with E-state index < -0.39 is 34.6 Å². The summed E-state index contributed by atoms with van der Waals surface area (Å²) in [5.41, 5.74) is -1.90. The second-order valence-corrected chi connectivity index (χ2v) is 12.6. The smallest absolute Gasteiger partial charge is 0.333 e. The van der Waals surface area contributed by atoms with Crippen molar-refractivity contribution in [1.82, 2.24) is 29.4 Å². The lowest BCUT2D eigenvalue weighted by molar-refractivity contribution is -0.129. The molecule has 1 saturated heterocycles. The minimum absolute atomic E-state index is 0.0966. The van der Waals surface area contributed by atoms with Crippen LogP contribution < -0.4 is 21.3 Å². The largest absolute Gasteiger partial charge is 0.496 e. The molecular weight excluding hydrogens is 591 g/mol. The summed E-state index contributed by atoms with van der Waals surface area (Å²) >= 11 is 1.18. The third-order valence-electron chi connectivity index (χ3n) is 7.73. The van der Waals surface area contributed by atoms with E-state index in [9.17, 15) is 18.8 Å². The standard InChI is InChI=1S/C30H37FN6O6S/c1-17(2)34-28(39)30(4,5)36-25(38)24-18(3)26(37-32-11-12-33-37)44-27(24)35(29(36)40)16-23(43-20-9-13-42-14-10-20)21-15-19(31)7-8-22(21)41-6/h7-8,11-12,15,17,20,23H,9-10,13-14,16H2,1-6H3,(H,34,39)/t23-/m0/s1. The number of amides is 1. The van der Waals surface area contributed by atoms with Crippen LogP contribution in [-0.4, -0.2) is 62.5 Å². The van der Waals surface area contributed by atoms with Crippen molar-refractivity contribution in [3.8, 4) is 10.8 Å². The van der Waals surface area contributed by atoms with Crippen molar-refractivity contribution in [1.29, 1.82) is 0 Å². The summed E-state index contributed by atoms with van der Waals surface area (Å²) in [5, 5.41) is 12.1. The van der Waals surface area contributed by atoms with E-state index in [1.54, 1.807) is 20.8 Å². The number of thiophene rings is 1. The number of hydrogen-bond donors (Lipinski definition) is 1. The van der Waals surface area contributed by atoms with E-state index in [2.05, 4.69) is 15.5 Å². The first-order valence-electron chi connectivity index (χ1n) is 14.5. The fraction of sp³-hybridized carbons (Fsp3) is 0.500. The van der Waals surface area contributed by atoms with Crippen molar-refractivity contribution < 1.29 is 23.4 Å². The van der Waals surface area contributed by atoms with Crippen molar-refractivity contribution in [2.24, 2.45) is 0 Å². The molecule has 0 saturated carbocycles. The molecule has 1 amide bonds. The van der Waals surface area contributed by atoms with Crippen LogP contribution in [0, 0.1) is 12.7 Å². The van der Waals surface area contributed by atoms with E-state index in [1.165, 1.54) is 72.3 Å². The van der Waals surface area contributed by atoms with Crippen LogP contribution in [0.3, 0.4) is 0 Å². The summed E-state index contributed by atoms with van der Waals surface area (Å²) in [6.45, 7) is 9.35. The first-order valence-corrected chi connectivity index (χ1v) is 15.3. The number of ether oxygens (including phenoxy) is 3. The molecular formula is C30H37FN6O6S. The van der Waals surface area contributed by atoms with E-state index in [1.807, 2.05) is 0 Å². The fourth-order valence-corrected chi connectivity index (χ4v) is 6.64. The average molecular weight is 629 g/mol. The van der Waals surface area contributed by atoms with E-state index in [0.717, 1.165) is 4.57 Å². The Labute approximate surface area is 257 Å². The SMILES string of the molecule is COc1ccc(F)cc1[C@H](Cn1c(=O)n(C(C)(C)C(=O)NC(C)C)c(=O)c2c(C)c(-n3nccn3)sc21)OC1CCOCC1. The monoisotopic (exact) mass is 628 g/mol. The minimum atomic E-state index is -1.56. The fourth-order valence-electron chi connectivity index (χ4n) is 5.42. The van der Waals surface area contributed by atoms with E-state index in [-0.39, 0.29) is 24.1 Å². The van der Waals surface area contributed by atoms with Gasteiger partial charge in [-0.2, -0.15) is 10.2 Å². The lowest BCUT2D eigenvalue weighted by Gasteiger charge is -2.31. The highest BCUT2D eigenvalue weighted by Crippen LogP contribution is 2.35. The Morgan fingerprint density at radius 3 is 2.52 bits per heavy atom. The van der Waals surface area contributed by atoms with Crippen molar-refractivity contribution in [2.75, 3.05) is 20.3 Å². The van der Waals surface area contributed by atoms with Gasteiger partial charge >= 0.3 is 5.69 Å². The molecule has 0 spiro atoms. The number of aromatic nitrogens is 5. The number of methoxy groups -OCH3 is 1. The Morgan fingerprint density at radius 1 is 1.20 bits per heavy atom. The maximum atomic E-state index is 14.7. The van der Waals surface area contributed by atoms with Gasteiger partial charge in [0.25, 0.3) is 5.56 Å². The second-order valence-electron chi connectivity index (χ2n) is 11.6. The summed E-state index contributed by atoms with van der Waals surface area (Å²) in [5.74, 6) is -0.586. The number of hydrogen-bond acceptors (Lipinski definition) is 9. The van der Waals surface area contributed by atoms with Gasteiger partial charge in [-0.05, 0) is 65.7 Å². The highest BCUT2D eigenvalue weighted by atomic mass is 32.1. The molecule has 236 valence electrons. The van der Waals surface area contributed by atoms with E-state index >= 15 is 0 Å². The normalized spacial score (nSPS) is 15.2. The van der Waals surface area contributed by atoms with Crippen molar-refractivity contribution >= 4 is 27.5 Å². The molecule has 0 aliphatic carbocycles. The molecule has 12 nitrogen and oxygen atoms in total. The van der Waals surface area contributed by atoms with E-state index in [4.69, 9.17) is 14.2 Å². The van der Waals surface area contributed by atoms with Crippen LogP contribution in [0.2, 0.25) is 0 Å². The van der Waals surface area contributed by atoms with Gasteiger partial charge in [-0.25, -0.2) is 13.8 Å². The number of fused-ring (bicyclic) bond motifs is 1. The quantitative estimate of drug-likeness (QED) is 0.283. The number of carbonyl (C=O) groups excluding carboxylic acids is 1. The van der Waals surface area contributed by atoms with Crippen LogP contribution in [0.1, 0.15) is 57.8 Å². The van der Waals surface area contributed by atoms with Crippen molar-refractivity contribution in [3.05, 3.63) is 68.4 Å². The molecule has 1 aliphatic heterocycles. The number of benzene rings is 1. The maximum Gasteiger partial charge on any atom is 0.333 e. The zero-order chi connectivity index (χ0) is 31.8. The first kappa shape index (κ1) is 31.5. The van der Waals surface area contributed by atoms with Crippen LogP contribution in [0.25, 0.3) is 15.2 Å². The van der Waals surface area contributed by atoms with Gasteiger partial charge in [0.05, 0.1) is 37.5 Å². The van der Waals surface area contributed by atoms with Gasteiger partial charge in [0.1, 0.15) is 33.0 Å². The van der Waals surface area contributed by atoms with Crippen molar-refractivity contribution in [3.63, 3.8) is 0 Å². The Hall–Kier alpha value is -3.88. The maximum absolute atomic E-state index is 14.7. The number of nitrogens with zero attached hydrogens (tertiary/aromatic N) is 5. The highest BCUT2D eigenvalue weighted by Gasteiger charge is 2.37. The summed E-state index contributed by atoms with van der Waals surface area (Å²) in [6.07, 6.45) is 3.20. The summed E-state index contributed by atoms with van der Waals surface area (Å²) in [6, 6.07) is 3.92. The molecule has 14 heteroatoms. The van der Waals surface area contributed by atoms with Crippen LogP contribution in [-0.2, 0) is 26.4 Å². The topological polar surface area (TPSA) is 132 Å². The third-order valence-corrected chi connectivity index (χ3v) is 9.01. The van der Waals surface area contributed by atoms with Gasteiger partial charge in [0, 0.05) is 30.4 Å². The third kappa shape index (κ3) is 5.93. The van der Waals surface area contributed by atoms with Gasteiger partial charge in [0.2, 0.25) is 5.91 Å². The molecule has 4 heterocycles. The Kier molecular flexibility index (Phi) is 9.05. The lowest BCUT2D eigenvalue weighted by Crippen LogP contribution is -2.56. The molecule has 0 unspecified atom stereocenters. The summed E-state index contributed by atoms with van der Waals surface area (Å²) in [7, 11) is 1.48. The molecule has 1 fully saturated rings. The summed E-state index contributed by atoms with van der Waals surface area (Å²) in [4.78, 5) is 43.8. The lowest BCUT2D eigenvalue weighted by atomic mass is 10.0. The first-order chi connectivity index (χ1) is 20.9. The molecule has 0 bridgehead atoms. The zero-order valence-electron chi connectivity index (χ0n) is 25.6. The van der Waals surface area contributed by atoms with Gasteiger partial charge in [-0.15, -0.1) is 4.80 Å². The number of halogens is 1. The molecule has 0 radical (unpaired) electrons. The molecule has 1 N–H and O–H groups in total. The number of carbonyl (C=O) groups is 1. The Morgan fingerprint density at radius 2 is 1.89 bits per heavy atom. The van der Waals surface area contributed by atoms with Crippen LogP contribution in [0.4, 0.5) is 4.39 Å². The predicted octanol–water partition coefficient (Wildman–Crippen LogP) is 3.46. The summed E-state index contributed by atoms with van der Waals surface area (Å²) < 4.78 is 34.7. The Balaban J connectivity index is 1.77.